The molecule has 1 aromatic heterocycles. The summed E-state index contributed by atoms with van der Waals surface area (Å²) in [5.74, 6) is 0. The Morgan fingerprint density at radius 1 is 0.237 bits per heavy atom. The molecule has 0 saturated heterocycles. The van der Waals surface area contributed by atoms with Gasteiger partial charge >= 0.3 is 0 Å². The molecular formula is C58H34O. The number of fused-ring (bicyclic) bond motifs is 6. The molecule has 0 aliphatic carbocycles. The topological polar surface area (TPSA) is 13.1 Å². The first-order chi connectivity index (χ1) is 29.2. The first-order valence-electron chi connectivity index (χ1n) is 20.4. The highest BCUT2D eigenvalue weighted by Gasteiger charge is 2.22. The van der Waals surface area contributed by atoms with Gasteiger partial charge in [0.25, 0.3) is 0 Å². The summed E-state index contributed by atoms with van der Waals surface area (Å²) in [5, 5.41) is 17.2. The van der Waals surface area contributed by atoms with Gasteiger partial charge in [-0.15, -0.1) is 0 Å². The Morgan fingerprint density at radius 2 is 0.729 bits per heavy atom. The van der Waals surface area contributed by atoms with E-state index in [1.54, 1.807) is 0 Å². The van der Waals surface area contributed by atoms with E-state index in [9.17, 15) is 0 Å². The van der Waals surface area contributed by atoms with Crippen LogP contribution in [0.2, 0.25) is 0 Å². The maximum Gasteiger partial charge on any atom is 0.143 e. The van der Waals surface area contributed by atoms with Gasteiger partial charge in [-0.2, -0.15) is 0 Å². The van der Waals surface area contributed by atoms with Gasteiger partial charge in [0.05, 0.1) is 0 Å². The third kappa shape index (κ3) is 4.79. The van der Waals surface area contributed by atoms with Crippen LogP contribution in [0.1, 0.15) is 0 Å². The van der Waals surface area contributed by atoms with Crippen molar-refractivity contribution in [2.24, 2.45) is 0 Å². The monoisotopic (exact) mass is 746 g/mol. The summed E-state index contributed by atoms with van der Waals surface area (Å²) in [4.78, 5) is 0. The molecule has 1 heteroatoms. The van der Waals surface area contributed by atoms with E-state index in [0.29, 0.717) is 0 Å². The molecule has 0 saturated carbocycles. The minimum Gasteiger partial charge on any atom is -0.455 e. The first kappa shape index (κ1) is 32.4. The van der Waals surface area contributed by atoms with Crippen molar-refractivity contribution in [3.05, 3.63) is 206 Å². The molecule has 0 spiro atoms. The lowest BCUT2D eigenvalue weighted by Gasteiger charge is -2.17. The lowest BCUT2D eigenvalue weighted by atomic mass is 9.85. The van der Waals surface area contributed by atoms with Crippen LogP contribution >= 0.6 is 0 Å². The van der Waals surface area contributed by atoms with Crippen LogP contribution in [0.25, 0.3) is 131 Å². The summed E-state index contributed by atoms with van der Waals surface area (Å²) in [6, 6.07) is 75.8. The molecule has 13 aromatic rings. The summed E-state index contributed by atoms with van der Waals surface area (Å²) in [5.41, 5.74) is 11.4. The summed E-state index contributed by atoms with van der Waals surface area (Å²) in [6.45, 7) is 0. The normalized spacial score (nSPS) is 12.1. The van der Waals surface area contributed by atoms with E-state index in [-0.39, 0.29) is 0 Å². The zero-order chi connectivity index (χ0) is 38.6. The molecule has 272 valence electrons. The molecule has 0 aliphatic rings. The fourth-order valence-corrected chi connectivity index (χ4v) is 10.0. The van der Waals surface area contributed by atoms with Gasteiger partial charge in [-0.25, -0.2) is 0 Å². The van der Waals surface area contributed by atoms with Crippen LogP contribution in [-0.4, -0.2) is 0 Å². The third-order valence-electron chi connectivity index (χ3n) is 12.8. The molecule has 0 radical (unpaired) electrons. The Balaban J connectivity index is 1.08. The van der Waals surface area contributed by atoms with Crippen molar-refractivity contribution in [3.63, 3.8) is 0 Å². The van der Waals surface area contributed by atoms with Gasteiger partial charge in [-0.1, -0.05) is 182 Å². The Hall–Kier alpha value is -7.74. The summed E-state index contributed by atoms with van der Waals surface area (Å²) < 4.78 is 7.11. The molecule has 0 fully saturated rings. The fourth-order valence-electron chi connectivity index (χ4n) is 10.0. The highest BCUT2D eigenvalue weighted by atomic mass is 16.3. The second-order valence-electron chi connectivity index (χ2n) is 15.9. The van der Waals surface area contributed by atoms with Crippen molar-refractivity contribution in [3.8, 4) is 44.5 Å². The summed E-state index contributed by atoms with van der Waals surface area (Å²) >= 11 is 0. The number of benzene rings is 12. The molecular weight excluding hydrogens is 713 g/mol. The van der Waals surface area contributed by atoms with Crippen LogP contribution < -0.4 is 0 Å². The van der Waals surface area contributed by atoms with Crippen molar-refractivity contribution in [1.29, 1.82) is 0 Å². The summed E-state index contributed by atoms with van der Waals surface area (Å²) in [6.07, 6.45) is 0. The van der Waals surface area contributed by atoms with Gasteiger partial charge in [0.2, 0.25) is 0 Å². The van der Waals surface area contributed by atoms with Crippen molar-refractivity contribution < 1.29 is 4.42 Å². The van der Waals surface area contributed by atoms with Crippen LogP contribution in [0.5, 0.6) is 0 Å². The predicted molar refractivity (Wildman–Crippen MR) is 252 cm³/mol. The Bertz CT molecular complexity index is 3830. The van der Waals surface area contributed by atoms with Crippen LogP contribution in [0.3, 0.4) is 0 Å². The van der Waals surface area contributed by atoms with E-state index in [1.165, 1.54) is 98.0 Å². The van der Waals surface area contributed by atoms with E-state index in [1.807, 2.05) is 0 Å². The van der Waals surface area contributed by atoms with Crippen molar-refractivity contribution in [2.75, 3.05) is 0 Å². The molecule has 0 amide bonds. The molecule has 0 bridgehead atoms. The molecule has 0 unspecified atom stereocenters. The molecule has 0 N–H and O–H groups in total. The van der Waals surface area contributed by atoms with Gasteiger partial charge in [0.15, 0.2) is 0 Å². The Morgan fingerprint density at radius 3 is 1.49 bits per heavy atom. The maximum atomic E-state index is 7.11. The Kier molecular flexibility index (Phi) is 6.79. The molecule has 13 rings (SSSR count). The van der Waals surface area contributed by atoms with Crippen LogP contribution in [0.15, 0.2) is 211 Å². The predicted octanol–water partition coefficient (Wildman–Crippen LogP) is 16.6. The number of rotatable bonds is 4. The van der Waals surface area contributed by atoms with Gasteiger partial charge in [0, 0.05) is 16.3 Å². The van der Waals surface area contributed by atoms with E-state index in [0.717, 1.165) is 33.1 Å². The zero-order valence-electron chi connectivity index (χ0n) is 32.0. The van der Waals surface area contributed by atoms with Gasteiger partial charge in [-0.3, -0.25) is 0 Å². The quantitative estimate of drug-likeness (QED) is 0.164. The highest BCUT2D eigenvalue weighted by molar-refractivity contribution is 6.29. The average Bonchev–Trinajstić information content (AvgIpc) is 3.68. The number of furan rings is 1. The van der Waals surface area contributed by atoms with E-state index < -0.39 is 0 Å². The van der Waals surface area contributed by atoms with Gasteiger partial charge in [-0.05, 0) is 128 Å². The van der Waals surface area contributed by atoms with Crippen molar-refractivity contribution >= 4 is 86.6 Å². The Labute approximate surface area is 340 Å². The van der Waals surface area contributed by atoms with Crippen molar-refractivity contribution in [2.45, 2.75) is 0 Å². The third-order valence-corrected chi connectivity index (χ3v) is 12.8. The van der Waals surface area contributed by atoms with Gasteiger partial charge in [0.1, 0.15) is 11.2 Å². The second-order valence-corrected chi connectivity index (χ2v) is 15.9. The minimum absolute atomic E-state index is 0.898. The van der Waals surface area contributed by atoms with E-state index >= 15 is 0 Å². The number of hydrogen-bond acceptors (Lipinski definition) is 1. The van der Waals surface area contributed by atoms with E-state index in [2.05, 4.69) is 206 Å². The molecule has 1 heterocycles. The molecule has 0 atom stereocenters. The highest BCUT2D eigenvalue weighted by Crippen LogP contribution is 2.48. The lowest BCUT2D eigenvalue weighted by molar-refractivity contribution is 0.670. The fraction of sp³-hybridized carbons (Fsp3) is 0. The van der Waals surface area contributed by atoms with Crippen LogP contribution in [0.4, 0.5) is 0 Å². The average molecular weight is 747 g/mol. The molecule has 59 heavy (non-hydrogen) atoms. The van der Waals surface area contributed by atoms with Gasteiger partial charge < -0.3 is 4.42 Å². The smallest absolute Gasteiger partial charge is 0.143 e. The first-order valence-corrected chi connectivity index (χ1v) is 20.4. The summed E-state index contributed by atoms with van der Waals surface area (Å²) in [7, 11) is 0. The number of hydrogen-bond donors (Lipinski definition) is 0. The van der Waals surface area contributed by atoms with E-state index in [4.69, 9.17) is 4.42 Å². The lowest BCUT2D eigenvalue weighted by Crippen LogP contribution is -1.91. The molecule has 0 aliphatic heterocycles. The second kappa shape index (κ2) is 12.4. The van der Waals surface area contributed by atoms with Crippen molar-refractivity contribution in [1.82, 2.24) is 0 Å². The van der Waals surface area contributed by atoms with Crippen LogP contribution in [-0.2, 0) is 0 Å². The minimum atomic E-state index is 0.898. The SMILES string of the molecule is c1ccc(-c2ccc3ccc4c(-c5ccc(-c6ccc(-c7ccc8ccccc8c7)c7ccccc67)c6oc7cc8ccccc8cc7c56)ccc5ccc2c3c54)cc1. The molecule has 12 aromatic carbocycles. The maximum absolute atomic E-state index is 7.11. The largest absolute Gasteiger partial charge is 0.455 e. The standard InChI is InChI=1S/C58H34O/c1-2-11-36(12-3-1)43-24-20-37-23-27-50-48(25-21-38-22-26-49(43)55(37)56(38)50)51-30-31-52(58-57(51)53-33-40-14-6-7-15-41(40)34-54(53)59-58)47-29-28-44(45-16-8-9-17-46(45)47)42-19-18-35-10-4-5-13-39(35)32-42/h1-34H. The van der Waals surface area contributed by atoms with Crippen LogP contribution in [0, 0.1) is 0 Å². The molecule has 1 nitrogen and oxygen atoms in total. The zero-order valence-corrected chi connectivity index (χ0v) is 32.0.